The summed E-state index contributed by atoms with van der Waals surface area (Å²) in [5.41, 5.74) is 0.433. The lowest BCUT2D eigenvalue weighted by atomic mass is 10.1. The minimum absolute atomic E-state index is 0.220. The molecule has 0 saturated heterocycles. The van der Waals surface area contributed by atoms with Crippen LogP contribution in [0.25, 0.3) is 0 Å². The largest absolute Gasteiger partial charge is 0.393 e. The van der Waals surface area contributed by atoms with Gasteiger partial charge in [0.2, 0.25) is 0 Å². The second-order valence-corrected chi connectivity index (χ2v) is 13.7. The molecule has 0 bridgehead atoms. The molecule has 0 spiro atoms. The standard InChI is InChI=1S/C18H40O3Si/c1-12(2)16(19)9-22(15(7)8,10-17(20)13(3)4)11-18(21)14(5)6/h12-21H,9-11H2,1-8H3. The van der Waals surface area contributed by atoms with Gasteiger partial charge in [-0.25, -0.2) is 0 Å². The van der Waals surface area contributed by atoms with Crippen molar-refractivity contribution in [2.75, 3.05) is 0 Å². The van der Waals surface area contributed by atoms with Crippen LogP contribution in [-0.2, 0) is 0 Å². The summed E-state index contributed by atoms with van der Waals surface area (Å²) in [6, 6.07) is 2.32. The van der Waals surface area contributed by atoms with Crippen molar-refractivity contribution in [3.8, 4) is 0 Å². The normalized spacial score (nSPS) is 19.8. The van der Waals surface area contributed by atoms with Gasteiger partial charge in [0, 0.05) is 0 Å². The molecular weight excluding hydrogens is 292 g/mol. The molecule has 0 amide bonds. The van der Waals surface area contributed by atoms with E-state index in [1.54, 1.807) is 0 Å². The minimum Gasteiger partial charge on any atom is -0.393 e. The molecule has 0 aliphatic rings. The molecule has 0 aromatic carbocycles. The first-order valence-corrected chi connectivity index (χ1v) is 11.7. The Balaban J connectivity index is 5.43. The fourth-order valence-corrected chi connectivity index (χ4v) is 8.74. The van der Waals surface area contributed by atoms with E-state index in [1.807, 2.05) is 41.5 Å². The Bertz CT molecular complexity index is 262. The van der Waals surface area contributed by atoms with Gasteiger partial charge in [0.1, 0.15) is 0 Å². The first-order valence-electron chi connectivity index (χ1n) is 8.97. The third kappa shape index (κ3) is 6.69. The van der Waals surface area contributed by atoms with Gasteiger partial charge in [-0.3, -0.25) is 0 Å². The van der Waals surface area contributed by atoms with E-state index in [1.165, 1.54) is 0 Å². The predicted octanol–water partition coefficient (Wildman–Crippen LogP) is 3.90. The van der Waals surface area contributed by atoms with Crippen LogP contribution in [-0.4, -0.2) is 41.7 Å². The highest BCUT2D eigenvalue weighted by atomic mass is 28.3. The van der Waals surface area contributed by atoms with E-state index in [-0.39, 0.29) is 36.1 Å². The number of aliphatic hydroxyl groups is 3. The third-order valence-corrected chi connectivity index (χ3v) is 11.5. The lowest BCUT2D eigenvalue weighted by molar-refractivity contribution is 0.123. The Morgan fingerprint density at radius 1 is 0.545 bits per heavy atom. The van der Waals surface area contributed by atoms with Gasteiger partial charge in [-0.15, -0.1) is 0 Å². The van der Waals surface area contributed by atoms with E-state index in [0.717, 1.165) is 18.1 Å². The van der Waals surface area contributed by atoms with Crippen LogP contribution in [0.3, 0.4) is 0 Å². The number of hydrogen-bond acceptors (Lipinski definition) is 3. The zero-order chi connectivity index (χ0) is 17.7. The summed E-state index contributed by atoms with van der Waals surface area (Å²) < 4.78 is 0. The van der Waals surface area contributed by atoms with Crippen molar-refractivity contribution in [2.45, 2.75) is 97.4 Å². The zero-order valence-corrected chi connectivity index (χ0v) is 17.0. The molecule has 0 rings (SSSR count). The van der Waals surface area contributed by atoms with Gasteiger partial charge in [-0.1, -0.05) is 60.9 Å². The van der Waals surface area contributed by atoms with E-state index in [2.05, 4.69) is 13.8 Å². The molecule has 0 radical (unpaired) electrons. The van der Waals surface area contributed by atoms with E-state index >= 15 is 0 Å². The van der Waals surface area contributed by atoms with Crippen molar-refractivity contribution in [3.05, 3.63) is 0 Å². The SMILES string of the molecule is CC(C)C(O)C[Si](CC(O)C(C)C)(CC(O)C(C)C)C(C)C. The Morgan fingerprint density at radius 3 is 0.909 bits per heavy atom. The van der Waals surface area contributed by atoms with Gasteiger partial charge in [0.25, 0.3) is 0 Å². The molecule has 22 heavy (non-hydrogen) atoms. The first kappa shape index (κ1) is 22.1. The summed E-state index contributed by atoms with van der Waals surface area (Å²) in [6.45, 7) is 16.7. The van der Waals surface area contributed by atoms with Crippen molar-refractivity contribution >= 4 is 8.07 Å². The first-order chi connectivity index (χ1) is 9.92. The summed E-state index contributed by atoms with van der Waals surface area (Å²) >= 11 is 0. The average Bonchev–Trinajstić information content (AvgIpc) is 2.37. The third-order valence-electron chi connectivity index (χ3n) is 5.38. The van der Waals surface area contributed by atoms with Gasteiger partial charge < -0.3 is 15.3 Å². The lowest BCUT2D eigenvalue weighted by Gasteiger charge is -2.42. The van der Waals surface area contributed by atoms with Gasteiger partial charge in [-0.05, 0) is 35.9 Å². The Labute approximate surface area is 139 Å². The highest BCUT2D eigenvalue weighted by molar-refractivity contribution is 6.81. The second-order valence-electron chi connectivity index (χ2n) is 8.56. The molecule has 0 heterocycles. The van der Waals surface area contributed by atoms with Crippen molar-refractivity contribution in [3.63, 3.8) is 0 Å². The van der Waals surface area contributed by atoms with Crippen LogP contribution in [0.2, 0.25) is 23.7 Å². The van der Waals surface area contributed by atoms with Crippen molar-refractivity contribution in [1.29, 1.82) is 0 Å². The molecule has 0 aromatic heterocycles. The van der Waals surface area contributed by atoms with Gasteiger partial charge >= 0.3 is 0 Å². The maximum atomic E-state index is 10.5. The van der Waals surface area contributed by atoms with Crippen molar-refractivity contribution in [1.82, 2.24) is 0 Å². The van der Waals surface area contributed by atoms with Gasteiger partial charge in [0.15, 0.2) is 0 Å². The van der Waals surface area contributed by atoms with E-state index in [9.17, 15) is 15.3 Å². The van der Waals surface area contributed by atoms with Crippen LogP contribution in [0.4, 0.5) is 0 Å². The molecule has 3 unspecified atom stereocenters. The maximum Gasteiger partial charge on any atom is 0.0638 e. The second kappa shape index (κ2) is 9.41. The van der Waals surface area contributed by atoms with E-state index in [4.69, 9.17) is 0 Å². The van der Waals surface area contributed by atoms with Crippen LogP contribution in [0.5, 0.6) is 0 Å². The molecule has 3 nitrogen and oxygen atoms in total. The summed E-state index contributed by atoms with van der Waals surface area (Å²) in [4.78, 5) is 0. The van der Waals surface area contributed by atoms with Crippen LogP contribution < -0.4 is 0 Å². The quantitative estimate of drug-likeness (QED) is 0.532. The highest BCUT2D eigenvalue weighted by Crippen LogP contribution is 2.39. The summed E-state index contributed by atoms with van der Waals surface area (Å²) in [5, 5.41) is 31.5. The predicted molar refractivity (Wildman–Crippen MR) is 97.8 cm³/mol. The Kier molecular flexibility index (Phi) is 9.45. The molecule has 3 atom stereocenters. The monoisotopic (exact) mass is 332 g/mol. The van der Waals surface area contributed by atoms with Crippen molar-refractivity contribution < 1.29 is 15.3 Å². The summed E-state index contributed by atoms with van der Waals surface area (Å²) in [5.74, 6) is 0.661. The van der Waals surface area contributed by atoms with Gasteiger partial charge in [0.05, 0.1) is 26.4 Å². The fraction of sp³-hybridized carbons (Fsp3) is 1.00. The molecule has 134 valence electrons. The molecule has 3 N–H and O–H groups in total. The Hall–Kier alpha value is 0.0969. The molecule has 4 heteroatoms. The molecule has 0 saturated carbocycles. The van der Waals surface area contributed by atoms with Crippen LogP contribution in [0.15, 0.2) is 0 Å². The topological polar surface area (TPSA) is 60.7 Å². The molecule has 0 fully saturated rings. The number of rotatable bonds is 10. The van der Waals surface area contributed by atoms with Crippen LogP contribution in [0, 0.1) is 17.8 Å². The molecular formula is C18H40O3Si. The number of aliphatic hydroxyl groups excluding tert-OH is 3. The highest BCUT2D eigenvalue weighted by Gasteiger charge is 2.42. The van der Waals surface area contributed by atoms with E-state index in [0.29, 0.717) is 5.54 Å². The lowest BCUT2D eigenvalue weighted by Crippen LogP contribution is -2.48. The van der Waals surface area contributed by atoms with E-state index < -0.39 is 8.07 Å². The summed E-state index contributed by atoms with van der Waals surface area (Å²) in [7, 11) is -2.00. The zero-order valence-electron chi connectivity index (χ0n) is 16.0. The average molecular weight is 333 g/mol. The van der Waals surface area contributed by atoms with Crippen LogP contribution in [0.1, 0.15) is 55.4 Å². The number of hydrogen-bond donors (Lipinski definition) is 3. The summed E-state index contributed by atoms with van der Waals surface area (Å²) in [6.07, 6.45) is -1.02. The molecule has 0 aliphatic heterocycles. The van der Waals surface area contributed by atoms with Crippen LogP contribution >= 0.6 is 0 Å². The van der Waals surface area contributed by atoms with Crippen molar-refractivity contribution in [2.24, 2.45) is 17.8 Å². The smallest absolute Gasteiger partial charge is 0.0638 e. The fourth-order valence-electron chi connectivity index (χ4n) is 2.91. The minimum atomic E-state index is -2.00. The molecule has 0 aromatic rings. The molecule has 0 aliphatic carbocycles. The van der Waals surface area contributed by atoms with Gasteiger partial charge in [-0.2, -0.15) is 0 Å². The maximum absolute atomic E-state index is 10.5. The Morgan fingerprint density at radius 2 is 0.773 bits per heavy atom.